The van der Waals surface area contributed by atoms with Crippen LogP contribution in [-0.4, -0.2) is 122 Å². The molecule has 0 unspecified atom stereocenters. The van der Waals surface area contributed by atoms with Crippen LogP contribution >= 0.6 is 0 Å². The number of ether oxygens (including phenoxy) is 8. The Morgan fingerprint density at radius 2 is 0.688 bits per heavy atom. The van der Waals surface area contributed by atoms with Crippen LogP contribution in [0.4, 0.5) is 0 Å². The number of benzene rings is 2. The molecule has 80 heavy (non-hydrogen) atoms. The van der Waals surface area contributed by atoms with E-state index < -0.39 is 0 Å². The Labute approximate surface area is 469 Å². The van der Waals surface area contributed by atoms with Gasteiger partial charge >= 0.3 is 0 Å². The van der Waals surface area contributed by atoms with Crippen molar-refractivity contribution in [2.24, 2.45) is 0 Å². The molecule has 0 N–H and O–H groups in total. The SMILES string of the molecule is C#CCC[n+]1ccc(-c2cc[n+](CCc3cn(CCOCCOCCOCCOc4cccc5c(OCCOCCOCCOCCn6cc(CC[n+]7ccc(-c8cc[n+](CCC#C)cc8)cc7)nn6)cccc45)nn3)cc2)cc1. The zero-order chi connectivity index (χ0) is 55.1. The normalized spacial score (nSPS) is 11.2. The van der Waals surface area contributed by atoms with Gasteiger partial charge in [0.25, 0.3) is 0 Å². The van der Waals surface area contributed by atoms with Crippen molar-refractivity contribution in [1.29, 1.82) is 0 Å². The summed E-state index contributed by atoms with van der Waals surface area (Å²) in [5.74, 6) is 6.90. The quantitative estimate of drug-likeness (QED) is 0.0281. The largest absolute Gasteiger partial charge is 0.491 e. The Morgan fingerprint density at radius 3 is 1.02 bits per heavy atom. The molecule has 0 spiro atoms. The Morgan fingerprint density at radius 1 is 0.375 bits per heavy atom. The molecule has 8 aromatic rings. The Balaban J connectivity index is 0.588. The fourth-order valence-electron chi connectivity index (χ4n) is 8.52. The predicted octanol–water partition coefficient (Wildman–Crippen LogP) is 5.30. The highest BCUT2D eigenvalue weighted by atomic mass is 16.6. The molecule has 0 aliphatic rings. The molecule has 0 aliphatic carbocycles. The lowest BCUT2D eigenvalue weighted by molar-refractivity contribution is -0.696. The van der Waals surface area contributed by atoms with Crippen molar-refractivity contribution in [1.82, 2.24) is 30.0 Å². The topological polar surface area (TPSA) is 151 Å². The van der Waals surface area contributed by atoms with Crippen molar-refractivity contribution < 1.29 is 56.2 Å². The molecule has 0 bridgehead atoms. The lowest BCUT2D eigenvalue weighted by Gasteiger charge is -2.13. The smallest absolute Gasteiger partial charge is 0.169 e. The number of hydrogen-bond acceptors (Lipinski definition) is 12. The monoisotopic (exact) mass is 1090 g/mol. The van der Waals surface area contributed by atoms with E-state index in [1.54, 1.807) is 0 Å². The highest BCUT2D eigenvalue weighted by Gasteiger charge is 2.12. The number of pyridine rings is 4. The fraction of sp³-hybridized carbons (Fsp3) is 0.387. The molecule has 18 heteroatoms. The first-order valence-electron chi connectivity index (χ1n) is 27.5. The third-order valence-corrected chi connectivity index (χ3v) is 12.9. The van der Waals surface area contributed by atoms with Crippen LogP contribution in [0.5, 0.6) is 11.5 Å². The van der Waals surface area contributed by atoms with Gasteiger partial charge in [-0.15, -0.1) is 34.9 Å². The molecule has 0 radical (unpaired) electrons. The van der Waals surface area contributed by atoms with E-state index in [0.29, 0.717) is 106 Å². The van der Waals surface area contributed by atoms with Crippen LogP contribution < -0.4 is 27.7 Å². The van der Waals surface area contributed by atoms with Gasteiger partial charge in [-0.3, -0.25) is 0 Å². The number of fused-ring (bicyclic) bond motifs is 1. The van der Waals surface area contributed by atoms with Crippen LogP contribution in [-0.2, 0) is 80.5 Å². The van der Waals surface area contributed by atoms with Gasteiger partial charge in [-0.1, -0.05) is 34.7 Å². The molecular weight excluding hydrogens is 1010 g/mol. The molecular formula is C62H74N10O8+4. The third-order valence-electron chi connectivity index (χ3n) is 12.9. The van der Waals surface area contributed by atoms with Gasteiger partial charge in [0, 0.05) is 71.7 Å². The van der Waals surface area contributed by atoms with Crippen LogP contribution in [0.3, 0.4) is 0 Å². The standard InChI is InChI=1S/C62H74N10O8/c1-3-5-23-67-25-13-53(14-26-67)55-17-29-69(30-18-55)33-21-57-51-71(65-63-57)35-37-73-39-41-75-43-45-77-47-49-79-61-11-7-10-60-59(61)9-8-12-62(60)80-50-48-78-46-44-76-42-40-74-38-36-72-52-58(64-66-72)22-34-70-31-19-56(20-32-70)54-15-27-68(28-16-54)24-6-4-2/h1-2,7-20,25-32,51-52H,5-6,21-24,33-50H2/q+4. The molecule has 6 aromatic heterocycles. The Bertz CT molecular complexity index is 2910. The van der Waals surface area contributed by atoms with Gasteiger partial charge in [-0.2, -0.15) is 0 Å². The summed E-state index contributed by atoms with van der Waals surface area (Å²) in [5, 5.41) is 19.1. The summed E-state index contributed by atoms with van der Waals surface area (Å²) in [6.07, 6.45) is 34.4. The number of nitrogens with zero attached hydrogens (tertiary/aromatic N) is 10. The van der Waals surface area contributed by atoms with Crippen LogP contribution in [0.25, 0.3) is 33.0 Å². The van der Waals surface area contributed by atoms with Crippen molar-refractivity contribution in [3.05, 3.63) is 158 Å². The summed E-state index contributed by atoms with van der Waals surface area (Å²) in [6, 6.07) is 28.9. The zero-order valence-electron chi connectivity index (χ0n) is 45.7. The van der Waals surface area contributed by atoms with Crippen molar-refractivity contribution in [3.63, 3.8) is 0 Å². The molecule has 2 aromatic carbocycles. The first-order valence-corrected chi connectivity index (χ1v) is 27.5. The van der Waals surface area contributed by atoms with Crippen LogP contribution in [0.2, 0.25) is 0 Å². The minimum absolute atomic E-state index is 0.406. The highest BCUT2D eigenvalue weighted by Crippen LogP contribution is 2.32. The molecule has 0 aliphatic heterocycles. The molecule has 8 rings (SSSR count). The molecule has 416 valence electrons. The second kappa shape index (κ2) is 33.5. The zero-order valence-corrected chi connectivity index (χ0v) is 45.7. The van der Waals surface area contributed by atoms with E-state index >= 15 is 0 Å². The van der Waals surface area contributed by atoms with E-state index in [-0.39, 0.29) is 0 Å². The second-order valence-corrected chi connectivity index (χ2v) is 18.6. The Hall–Kier alpha value is -7.94. The average Bonchev–Trinajstić information content (AvgIpc) is 4.17. The van der Waals surface area contributed by atoms with Crippen LogP contribution in [0, 0.1) is 24.7 Å². The van der Waals surface area contributed by atoms with Crippen LogP contribution in [0.1, 0.15) is 24.2 Å². The third kappa shape index (κ3) is 19.8. The van der Waals surface area contributed by atoms with Gasteiger partial charge in [0.2, 0.25) is 0 Å². The van der Waals surface area contributed by atoms with Crippen molar-refractivity contribution >= 4 is 10.8 Å². The van der Waals surface area contributed by atoms with Gasteiger partial charge in [0.1, 0.15) is 24.7 Å². The average molecular weight is 1090 g/mol. The van der Waals surface area contributed by atoms with E-state index in [1.807, 2.05) is 58.2 Å². The van der Waals surface area contributed by atoms with Gasteiger partial charge in [-0.25, -0.2) is 27.6 Å². The molecule has 0 saturated heterocycles. The van der Waals surface area contributed by atoms with E-state index in [1.165, 1.54) is 22.3 Å². The van der Waals surface area contributed by atoms with E-state index in [4.69, 9.17) is 50.7 Å². The van der Waals surface area contributed by atoms with Gasteiger partial charge in [0.05, 0.1) is 129 Å². The maximum absolute atomic E-state index is 6.10. The predicted molar refractivity (Wildman–Crippen MR) is 299 cm³/mol. The fourth-order valence-corrected chi connectivity index (χ4v) is 8.52. The number of aromatic nitrogens is 10. The summed E-state index contributed by atoms with van der Waals surface area (Å²) >= 11 is 0. The number of terminal acetylenes is 2. The van der Waals surface area contributed by atoms with Gasteiger partial charge in [0.15, 0.2) is 75.8 Å². The summed E-state index contributed by atoms with van der Waals surface area (Å²) in [6.45, 7) is 11.0. The maximum Gasteiger partial charge on any atom is 0.169 e. The lowest BCUT2D eigenvalue weighted by Crippen LogP contribution is -2.33. The van der Waals surface area contributed by atoms with Crippen molar-refractivity contribution in [2.75, 3.05) is 92.5 Å². The number of aryl methyl sites for hydroxylation is 6. The van der Waals surface area contributed by atoms with Gasteiger partial charge in [-0.05, 0) is 34.4 Å². The highest BCUT2D eigenvalue weighted by molar-refractivity contribution is 5.93. The molecule has 0 saturated carbocycles. The minimum Gasteiger partial charge on any atom is -0.491 e. The number of hydrogen-bond donors (Lipinski definition) is 0. The summed E-state index contributed by atoms with van der Waals surface area (Å²) in [7, 11) is 0. The minimum atomic E-state index is 0.406. The second-order valence-electron chi connectivity index (χ2n) is 18.6. The lowest BCUT2D eigenvalue weighted by atomic mass is 10.1. The first kappa shape index (κ1) is 58.2. The molecule has 0 atom stereocenters. The summed E-state index contributed by atoms with van der Waals surface area (Å²) in [5.41, 5.74) is 6.56. The van der Waals surface area contributed by atoms with E-state index in [2.05, 4.69) is 149 Å². The van der Waals surface area contributed by atoms with Crippen molar-refractivity contribution in [3.8, 4) is 58.4 Å². The van der Waals surface area contributed by atoms with Crippen molar-refractivity contribution in [2.45, 2.75) is 65.0 Å². The molecule has 18 nitrogen and oxygen atoms in total. The molecule has 0 fully saturated rings. The summed E-state index contributed by atoms with van der Waals surface area (Å²) < 4.78 is 58.8. The Kier molecular flexibility index (Phi) is 24.4. The summed E-state index contributed by atoms with van der Waals surface area (Å²) in [4.78, 5) is 0. The van der Waals surface area contributed by atoms with E-state index in [9.17, 15) is 0 Å². The molecule has 0 amide bonds. The number of rotatable bonds is 38. The van der Waals surface area contributed by atoms with E-state index in [0.717, 1.165) is 85.5 Å². The van der Waals surface area contributed by atoms with Crippen LogP contribution in [0.15, 0.2) is 147 Å². The first-order chi connectivity index (χ1) is 39.6. The maximum atomic E-state index is 6.10. The van der Waals surface area contributed by atoms with Gasteiger partial charge < -0.3 is 37.9 Å². The molecule has 6 heterocycles.